The SMILES string of the molecule is CCOc1cc2c(cc1NC(=O)C(C)NC)OC(C)C2. The highest BCUT2D eigenvalue weighted by Gasteiger charge is 2.23. The molecule has 0 aliphatic carbocycles. The molecule has 20 heavy (non-hydrogen) atoms. The minimum absolute atomic E-state index is 0.0977. The van der Waals surface area contributed by atoms with Gasteiger partial charge in [0.25, 0.3) is 0 Å². The molecule has 5 heteroatoms. The van der Waals surface area contributed by atoms with Crippen molar-refractivity contribution in [2.45, 2.75) is 39.3 Å². The van der Waals surface area contributed by atoms with E-state index in [0.717, 1.165) is 17.7 Å². The molecule has 110 valence electrons. The lowest BCUT2D eigenvalue weighted by Gasteiger charge is -2.16. The van der Waals surface area contributed by atoms with Crippen LogP contribution in [0.4, 0.5) is 5.69 Å². The fourth-order valence-electron chi connectivity index (χ4n) is 2.18. The normalized spacial score (nSPS) is 18.1. The molecule has 0 bridgehead atoms. The van der Waals surface area contributed by atoms with Crippen LogP contribution in [0.5, 0.6) is 11.5 Å². The van der Waals surface area contributed by atoms with Gasteiger partial charge in [0.15, 0.2) is 0 Å². The van der Waals surface area contributed by atoms with E-state index < -0.39 is 0 Å². The summed E-state index contributed by atoms with van der Waals surface area (Å²) in [5.74, 6) is 1.42. The second-order valence-corrected chi connectivity index (χ2v) is 5.02. The van der Waals surface area contributed by atoms with Crippen LogP contribution in [0.3, 0.4) is 0 Å². The Balaban J connectivity index is 2.27. The molecule has 0 fully saturated rings. The van der Waals surface area contributed by atoms with E-state index >= 15 is 0 Å². The summed E-state index contributed by atoms with van der Waals surface area (Å²) < 4.78 is 11.3. The largest absolute Gasteiger partial charge is 0.492 e. The molecule has 1 aromatic carbocycles. The van der Waals surface area contributed by atoms with E-state index in [0.29, 0.717) is 18.0 Å². The third-order valence-corrected chi connectivity index (χ3v) is 3.38. The minimum atomic E-state index is -0.266. The Morgan fingerprint density at radius 2 is 2.30 bits per heavy atom. The summed E-state index contributed by atoms with van der Waals surface area (Å²) in [6, 6.07) is 3.55. The first-order chi connectivity index (χ1) is 9.55. The van der Waals surface area contributed by atoms with Crippen molar-refractivity contribution in [2.75, 3.05) is 19.0 Å². The third kappa shape index (κ3) is 3.04. The first-order valence-electron chi connectivity index (χ1n) is 6.99. The summed E-state index contributed by atoms with van der Waals surface area (Å²) in [6.45, 7) is 6.32. The van der Waals surface area contributed by atoms with Gasteiger partial charge in [0.05, 0.1) is 18.3 Å². The summed E-state index contributed by atoms with van der Waals surface area (Å²) in [4.78, 5) is 12.0. The van der Waals surface area contributed by atoms with E-state index in [9.17, 15) is 4.79 Å². The second-order valence-electron chi connectivity index (χ2n) is 5.02. The van der Waals surface area contributed by atoms with E-state index in [1.165, 1.54) is 0 Å². The Morgan fingerprint density at radius 3 is 2.95 bits per heavy atom. The van der Waals surface area contributed by atoms with Crippen molar-refractivity contribution in [1.82, 2.24) is 5.32 Å². The predicted molar refractivity (Wildman–Crippen MR) is 78.6 cm³/mol. The standard InChI is InChI=1S/C15H22N2O3/c1-5-19-14-7-11-6-9(2)20-13(11)8-12(14)17-15(18)10(3)16-4/h7-10,16H,5-6H2,1-4H3,(H,17,18). The van der Waals surface area contributed by atoms with E-state index in [4.69, 9.17) is 9.47 Å². The van der Waals surface area contributed by atoms with Gasteiger partial charge in [0, 0.05) is 18.1 Å². The topological polar surface area (TPSA) is 59.6 Å². The summed E-state index contributed by atoms with van der Waals surface area (Å²) in [7, 11) is 1.75. The fourth-order valence-corrected chi connectivity index (χ4v) is 2.18. The number of fused-ring (bicyclic) bond motifs is 1. The number of anilines is 1. The maximum Gasteiger partial charge on any atom is 0.241 e. The molecule has 1 aliphatic rings. The predicted octanol–water partition coefficient (Wildman–Crippen LogP) is 1.96. The van der Waals surface area contributed by atoms with Crippen LogP contribution in [0.1, 0.15) is 26.3 Å². The van der Waals surface area contributed by atoms with E-state index in [2.05, 4.69) is 10.6 Å². The molecule has 0 saturated heterocycles. The van der Waals surface area contributed by atoms with Crippen LogP contribution in [-0.2, 0) is 11.2 Å². The van der Waals surface area contributed by atoms with E-state index in [-0.39, 0.29) is 18.1 Å². The third-order valence-electron chi connectivity index (χ3n) is 3.38. The zero-order chi connectivity index (χ0) is 14.7. The van der Waals surface area contributed by atoms with Crippen LogP contribution in [-0.4, -0.2) is 31.7 Å². The molecule has 1 aromatic rings. The van der Waals surface area contributed by atoms with Gasteiger partial charge in [0.1, 0.15) is 17.6 Å². The molecule has 2 unspecified atom stereocenters. The number of hydrogen-bond donors (Lipinski definition) is 2. The first-order valence-corrected chi connectivity index (χ1v) is 6.99. The molecule has 0 aromatic heterocycles. The van der Waals surface area contributed by atoms with E-state index in [1.54, 1.807) is 7.05 Å². The minimum Gasteiger partial charge on any atom is -0.492 e. The lowest BCUT2D eigenvalue weighted by molar-refractivity contribution is -0.117. The molecule has 1 heterocycles. The quantitative estimate of drug-likeness (QED) is 0.864. The van der Waals surface area contributed by atoms with Crippen LogP contribution in [0.25, 0.3) is 0 Å². The second kappa shape index (κ2) is 6.13. The molecular formula is C15H22N2O3. The highest BCUT2D eigenvalue weighted by atomic mass is 16.5. The Bertz CT molecular complexity index is 502. The average Bonchev–Trinajstić information content (AvgIpc) is 2.77. The number of hydrogen-bond acceptors (Lipinski definition) is 4. The number of likely N-dealkylation sites (N-methyl/N-ethyl adjacent to an activating group) is 1. The highest BCUT2D eigenvalue weighted by Crippen LogP contribution is 2.38. The summed E-state index contributed by atoms with van der Waals surface area (Å²) in [5.41, 5.74) is 1.78. The molecule has 1 aliphatic heterocycles. The van der Waals surface area contributed by atoms with Crippen LogP contribution >= 0.6 is 0 Å². The molecule has 0 spiro atoms. The van der Waals surface area contributed by atoms with Crippen molar-refractivity contribution in [3.05, 3.63) is 17.7 Å². The molecule has 2 atom stereocenters. The van der Waals surface area contributed by atoms with Gasteiger partial charge in [-0.1, -0.05) is 0 Å². The van der Waals surface area contributed by atoms with Crippen LogP contribution < -0.4 is 20.1 Å². The van der Waals surface area contributed by atoms with E-state index in [1.807, 2.05) is 32.9 Å². The lowest BCUT2D eigenvalue weighted by Crippen LogP contribution is -2.35. The Hall–Kier alpha value is -1.75. The van der Waals surface area contributed by atoms with Gasteiger partial charge in [0.2, 0.25) is 5.91 Å². The number of ether oxygens (including phenoxy) is 2. The molecule has 0 radical (unpaired) electrons. The van der Waals surface area contributed by atoms with Crippen molar-refractivity contribution in [1.29, 1.82) is 0 Å². The highest BCUT2D eigenvalue weighted by molar-refractivity contribution is 5.96. The fraction of sp³-hybridized carbons (Fsp3) is 0.533. The summed E-state index contributed by atoms with van der Waals surface area (Å²) in [6.07, 6.45) is 1.04. The monoisotopic (exact) mass is 278 g/mol. The Kier molecular flexibility index (Phi) is 4.49. The van der Waals surface area contributed by atoms with Gasteiger partial charge in [-0.15, -0.1) is 0 Å². The van der Waals surface area contributed by atoms with Gasteiger partial charge >= 0.3 is 0 Å². The van der Waals surface area contributed by atoms with Gasteiger partial charge in [-0.05, 0) is 33.9 Å². The maximum atomic E-state index is 12.0. The number of nitrogens with one attached hydrogen (secondary N) is 2. The molecule has 5 nitrogen and oxygen atoms in total. The summed E-state index contributed by atoms with van der Waals surface area (Å²) >= 11 is 0. The van der Waals surface area contributed by atoms with Crippen molar-refractivity contribution in [2.24, 2.45) is 0 Å². The smallest absolute Gasteiger partial charge is 0.241 e. The zero-order valence-electron chi connectivity index (χ0n) is 12.4. The Morgan fingerprint density at radius 1 is 1.55 bits per heavy atom. The number of carbonyl (C=O) groups is 1. The Labute approximate surface area is 119 Å². The van der Waals surface area contributed by atoms with Crippen LogP contribution in [0.15, 0.2) is 12.1 Å². The molecule has 0 saturated carbocycles. The number of rotatable bonds is 5. The molecule has 2 N–H and O–H groups in total. The first kappa shape index (κ1) is 14.7. The zero-order valence-corrected chi connectivity index (χ0v) is 12.4. The van der Waals surface area contributed by atoms with Crippen LogP contribution in [0, 0.1) is 0 Å². The number of amides is 1. The molecular weight excluding hydrogens is 256 g/mol. The van der Waals surface area contributed by atoms with Crippen molar-refractivity contribution < 1.29 is 14.3 Å². The number of carbonyl (C=O) groups excluding carboxylic acids is 1. The van der Waals surface area contributed by atoms with Crippen molar-refractivity contribution in [3.63, 3.8) is 0 Å². The van der Waals surface area contributed by atoms with Gasteiger partial charge < -0.3 is 20.1 Å². The van der Waals surface area contributed by atoms with Crippen molar-refractivity contribution >= 4 is 11.6 Å². The van der Waals surface area contributed by atoms with Gasteiger partial charge in [-0.2, -0.15) is 0 Å². The number of benzene rings is 1. The van der Waals surface area contributed by atoms with Gasteiger partial charge in [-0.25, -0.2) is 0 Å². The maximum absolute atomic E-state index is 12.0. The molecule has 2 rings (SSSR count). The molecule has 1 amide bonds. The lowest BCUT2D eigenvalue weighted by atomic mass is 10.1. The van der Waals surface area contributed by atoms with Crippen LogP contribution in [0.2, 0.25) is 0 Å². The van der Waals surface area contributed by atoms with Gasteiger partial charge in [-0.3, -0.25) is 4.79 Å². The van der Waals surface area contributed by atoms with Crippen molar-refractivity contribution in [3.8, 4) is 11.5 Å². The summed E-state index contributed by atoms with van der Waals surface area (Å²) in [5, 5.41) is 5.80. The average molecular weight is 278 g/mol.